The number of carbonyl (C=O) groups excluding carboxylic acids is 2. The molecule has 0 radical (unpaired) electrons. The molecule has 2 aliphatic heterocycles. The summed E-state index contributed by atoms with van der Waals surface area (Å²) in [7, 11) is 0. The minimum absolute atomic E-state index is 0.0657. The molecule has 2 aliphatic rings. The van der Waals surface area contributed by atoms with E-state index >= 15 is 0 Å². The fourth-order valence-electron chi connectivity index (χ4n) is 2.30. The second kappa shape index (κ2) is 6.04. The minimum Gasteiger partial charge on any atom is -0.450 e. The Balaban J connectivity index is 1.79. The molecule has 102 valence electrons. The van der Waals surface area contributed by atoms with Crippen molar-refractivity contribution in [3.63, 3.8) is 0 Å². The summed E-state index contributed by atoms with van der Waals surface area (Å²) in [4.78, 5) is 27.0. The summed E-state index contributed by atoms with van der Waals surface area (Å²) in [6, 6.07) is 0. The highest BCUT2D eigenvalue weighted by molar-refractivity contribution is 5.81. The van der Waals surface area contributed by atoms with Gasteiger partial charge >= 0.3 is 6.09 Å². The fourth-order valence-corrected chi connectivity index (χ4v) is 2.30. The van der Waals surface area contributed by atoms with Crippen molar-refractivity contribution >= 4 is 12.0 Å². The highest BCUT2D eigenvalue weighted by atomic mass is 16.6. The van der Waals surface area contributed by atoms with E-state index in [1.807, 2.05) is 0 Å². The smallest absolute Gasteiger partial charge is 0.409 e. The van der Waals surface area contributed by atoms with Gasteiger partial charge in [0.05, 0.1) is 6.61 Å². The second-order valence-electron chi connectivity index (χ2n) is 4.51. The second-order valence-corrected chi connectivity index (χ2v) is 4.51. The van der Waals surface area contributed by atoms with Crippen LogP contribution in [0.2, 0.25) is 0 Å². The summed E-state index contributed by atoms with van der Waals surface area (Å²) >= 11 is 0. The average Bonchev–Trinajstić information content (AvgIpc) is 2.92. The number of hydrogen-bond donors (Lipinski definition) is 0. The summed E-state index contributed by atoms with van der Waals surface area (Å²) in [5.74, 6) is 0.0657. The number of rotatable bonds is 2. The summed E-state index contributed by atoms with van der Waals surface area (Å²) in [5.41, 5.74) is 0. The monoisotopic (exact) mass is 256 g/mol. The van der Waals surface area contributed by atoms with E-state index in [1.165, 1.54) is 0 Å². The zero-order valence-corrected chi connectivity index (χ0v) is 10.8. The molecule has 0 aromatic rings. The number of amides is 2. The van der Waals surface area contributed by atoms with Crippen molar-refractivity contribution in [1.29, 1.82) is 0 Å². The first-order chi connectivity index (χ1) is 8.72. The van der Waals surface area contributed by atoms with Crippen LogP contribution in [-0.4, -0.2) is 67.3 Å². The highest BCUT2D eigenvalue weighted by Gasteiger charge is 2.31. The molecular formula is C12H20N2O4. The van der Waals surface area contributed by atoms with Crippen LogP contribution in [0.15, 0.2) is 0 Å². The first kappa shape index (κ1) is 13.1. The maximum absolute atomic E-state index is 12.1. The standard InChI is InChI=1S/C12H20N2O4/c1-2-17-12(16)14-7-5-13(6-8-14)11(15)10-4-3-9-18-10/h10H,2-9H2,1H3. The molecule has 2 heterocycles. The van der Waals surface area contributed by atoms with Crippen molar-refractivity contribution in [1.82, 2.24) is 9.80 Å². The van der Waals surface area contributed by atoms with E-state index in [0.29, 0.717) is 39.4 Å². The van der Waals surface area contributed by atoms with Crippen LogP contribution in [0.1, 0.15) is 19.8 Å². The largest absolute Gasteiger partial charge is 0.450 e. The SMILES string of the molecule is CCOC(=O)N1CCN(C(=O)C2CCCO2)CC1. The van der Waals surface area contributed by atoms with E-state index in [-0.39, 0.29) is 18.1 Å². The van der Waals surface area contributed by atoms with Gasteiger partial charge in [0.15, 0.2) is 0 Å². The van der Waals surface area contributed by atoms with Gasteiger partial charge in [0.1, 0.15) is 6.10 Å². The molecule has 0 aromatic heterocycles. The lowest BCUT2D eigenvalue weighted by atomic mass is 10.2. The van der Waals surface area contributed by atoms with Gasteiger partial charge in [-0.25, -0.2) is 4.79 Å². The van der Waals surface area contributed by atoms with Crippen LogP contribution < -0.4 is 0 Å². The van der Waals surface area contributed by atoms with Crippen molar-refractivity contribution < 1.29 is 19.1 Å². The average molecular weight is 256 g/mol. The van der Waals surface area contributed by atoms with Gasteiger partial charge < -0.3 is 19.3 Å². The Kier molecular flexibility index (Phi) is 4.41. The molecule has 6 heteroatoms. The van der Waals surface area contributed by atoms with Gasteiger partial charge in [-0.15, -0.1) is 0 Å². The van der Waals surface area contributed by atoms with E-state index in [2.05, 4.69) is 0 Å². The molecule has 2 fully saturated rings. The molecule has 2 amide bonds. The summed E-state index contributed by atoms with van der Waals surface area (Å²) in [6.45, 7) is 5.06. The predicted octanol–water partition coefficient (Wildman–Crippen LogP) is 0.466. The molecule has 18 heavy (non-hydrogen) atoms. The molecule has 1 atom stereocenters. The lowest BCUT2D eigenvalue weighted by Crippen LogP contribution is -2.52. The van der Waals surface area contributed by atoms with E-state index in [0.717, 1.165) is 12.8 Å². The van der Waals surface area contributed by atoms with Crippen molar-refractivity contribution in [2.45, 2.75) is 25.9 Å². The van der Waals surface area contributed by atoms with Crippen LogP contribution in [0, 0.1) is 0 Å². The van der Waals surface area contributed by atoms with Crippen molar-refractivity contribution in [2.24, 2.45) is 0 Å². The first-order valence-corrected chi connectivity index (χ1v) is 6.54. The van der Waals surface area contributed by atoms with Gasteiger partial charge in [-0.2, -0.15) is 0 Å². The lowest BCUT2D eigenvalue weighted by molar-refractivity contribution is -0.142. The zero-order valence-electron chi connectivity index (χ0n) is 10.8. The number of hydrogen-bond acceptors (Lipinski definition) is 4. The molecule has 2 rings (SSSR count). The highest BCUT2D eigenvalue weighted by Crippen LogP contribution is 2.16. The third kappa shape index (κ3) is 2.93. The number of ether oxygens (including phenoxy) is 2. The third-order valence-corrected chi connectivity index (χ3v) is 3.32. The number of carbonyl (C=O) groups is 2. The lowest BCUT2D eigenvalue weighted by Gasteiger charge is -2.35. The number of piperazine rings is 1. The molecule has 0 bridgehead atoms. The van der Waals surface area contributed by atoms with E-state index in [1.54, 1.807) is 16.7 Å². The first-order valence-electron chi connectivity index (χ1n) is 6.54. The van der Waals surface area contributed by atoms with Crippen LogP contribution in [0.3, 0.4) is 0 Å². The maximum atomic E-state index is 12.1. The summed E-state index contributed by atoms with van der Waals surface area (Å²) < 4.78 is 10.3. The Hall–Kier alpha value is -1.30. The van der Waals surface area contributed by atoms with Crippen LogP contribution in [0.4, 0.5) is 4.79 Å². The Morgan fingerprint density at radius 3 is 2.44 bits per heavy atom. The van der Waals surface area contributed by atoms with Crippen molar-refractivity contribution in [3.05, 3.63) is 0 Å². The molecule has 0 aromatic carbocycles. The van der Waals surface area contributed by atoms with E-state index in [9.17, 15) is 9.59 Å². The normalized spacial score (nSPS) is 24.2. The third-order valence-electron chi connectivity index (χ3n) is 3.32. The van der Waals surface area contributed by atoms with Crippen molar-refractivity contribution in [2.75, 3.05) is 39.4 Å². The Labute approximate surface area is 107 Å². The molecule has 0 spiro atoms. The fraction of sp³-hybridized carbons (Fsp3) is 0.833. The van der Waals surface area contributed by atoms with Gasteiger partial charge in [0.2, 0.25) is 0 Å². The molecule has 2 saturated heterocycles. The molecule has 0 saturated carbocycles. The minimum atomic E-state index is -0.290. The summed E-state index contributed by atoms with van der Waals surface area (Å²) in [6.07, 6.45) is 1.22. The maximum Gasteiger partial charge on any atom is 0.409 e. The Bertz CT molecular complexity index is 307. The van der Waals surface area contributed by atoms with Crippen LogP contribution in [0.5, 0.6) is 0 Å². The Morgan fingerprint density at radius 1 is 1.22 bits per heavy atom. The topological polar surface area (TPSA) is 59.1 Å². The van der Waals surface area contributed by atoms with Gasteiger partial charge in [0.25, 0.3) is 5.91 Å². The van der Waals surface area contributed by atoms with E-state index in [4.69, 9.17) is 9.47 Å². The summed E-state index contributed by atoms with van der Waals surface area (Å²) in [5, 5.41) is 0. The molecule has 0 aliphatic carbocycles. The van der Waals surface area contributed by atoms with Crippen molar-refractivity contribution in [3.8, 4) is 0 Å². The molecule has 0 N–H and O–H groups in total. The van der Waals surface area contributed by atoms with Crippen LogP contribution in [-0.2, 0) is 14.3 Å². The molecular weight excluding hydrogens is 236 g/mol. The van der Waals surface area contributed by atoms with Gasteiger partial charge in [0, 0.05) is 32.8 Å². The van der Waals surface area contributed by atoms with Gasteiger partial charge in [-0.1, -0.05) is 0 Å². The van der Waals surface area contributed by atoms with Gasteiger partial charge in [-0.05, 0) is 19.8 Å². The Morgan fingerprint density at radius 2 is 1.89 bits per heavy atom. The van der Waals surface area contributed by atoms with Crippen LogP contribution >= 0.6 is 0 Å². The quantitative estimate of drug-likeness (QED) is 0.720. The molecule has 6 nitrogen and oxygen atoms in total. The number of nitrogens with zero attached hydrogens (tertiary/aromatic N) is 2. The van der Waals surface area contributed by atoms with Gasteiger partial charge in [-0.3, -0.25) is 4.79 Å². The zero-order chi connectivity index (χ0) is 13.0. The predicted molar refractivity (Wildman–Crippen MR) is 64.1 cm³/mol. The molecule has 1 unspecified atom stereocenters. The van der Waals surface area contributed by atoms with Crippen LogP contribution in [0.25, 0.3) is 0 Å². The van der Waals surface area contributed by atoms with E-state index < -0.39 is 0 Å².